The van der Waals surface area contributed by atoms with Crippen LogP contribution in [0.15, 0.2) is 11.4 Å². The van der Waals surface area contributed by atoms with E-state index >= 15 is 0 Å². The van der Waals surface area contributed by atoms with Crippen LogP contribution < -0.4 is 5.32 Å². The molecule has 1 aromatic rings. The van der Waals surface area contributed by atoms with Gasteiger partial charge in [-0.1, -0.05) is 18.0 Å². The van der Waals surface area contributed by atoms with Crippen LogP contribution >= 0.6 is 22.9 Å². The van der Waals surface area contributed by atoms with Crippen molar-refractivity contribution in [3.63, 3.8) is 0 Å². The molecule has 2 unspecified atom stereocenters. The molecule has 1 aliphatic rings. The van der Waals surface area contributed by atoms with Gasteiger partial charge in [0.05, 0.1) is 9.90 Å². The van der Waals surface area contributed by atoms with Gasteiger partial charge in [-0.3, -0.25) is 0 Å². The van der Waals surface area contributed by atoms with Crippen LogP contribution in [0.3, 0.4) is 0 Å². The van der Waals surface area contributed by atoms with E-state index in [-0.39, 0.29) is 0 Å². The molecule has 0 amide bonds. The molecule has 0 spiro atoms. The first-order chi connectivity index (χ1) is 7.59. The van der Waals surface area contributed by atoms with Crippen molar-refractivity contribution in [2.24, 2.45) is 0 Å². The van der Waals surface area contributed by atoms with Gasteiger partial charge in [0.25, 0.3) is 0 Å². The zero-order chi connectivity index (χ0) is 11.6. The minimum absolute atomic E-state index is 0.293. The molecule has 0 saturated carbocycles. The Morgan fingerprint density at radius 3 is 3.00 bits per heavy atom. The molecule has 16 heavy (non-hydrogen) atoms. The summed E-state index contributed by atoms with van der Waals surface area (Å²) in [6.45, 7) is 2.65. The van der Waals surface area contributed by atoms with Crippen LogP contribution in [0.4, 0.5) is 4.39 Å². The molecule has 1 saturated heterocycles. The number of nitrogens with one attached hydrogen (secondary N) is 1. The van der Waals surface area contributed by atoms with Crippen molar-refractivity contribution in [3.8, 4) is 0 Å². The Bertz CT molecular complexity index is 345. The van der Waals surface area contributed by atoms with Crippen molar-refractivity contribution in [1.82, 2.24) is 5.32 Å². The van der Waals surface area contributed by atoms with Gasteiger partial charge in [-0.15, -0.1) is 11.3 Å². The standard InChI is InChI=1S/C12H17ClFNS/c1-12(14,11-10(13)5-7-16-11)8-9-4-2-3-6-15-9/h5,7,9,15H,2-4,6,8H2,1H3. The molecule has 1 aliphatic heterocycles. The first kappa shape index (κ1) is 12.3. The number of thiophene rings is 1. The van der Waals surface area contributed by atoms with Crippen LogP contribution in [0, 0.1) is 0 Å². The van der Waals surface area contributed by atoms with Crippen molar-refractivity contribution in [2.45, 2.75) is 44.3 Å². The van der Waals surface area contributed by atoms with Crippen molar-refractivity contribution in [1.29, 1.82) is 0 Å². The lowest BCUT2D eigenvalue weighted by Gasteiger charge is -2.29. The van der Waals surface area contributed by atoms with E-state index < -0.39 is 5.67 Å². The molecule has 1 aromatic heterocycles. The summed E-state index contributed by atoms with van der Waals surface area (Å²) in [5.74, 6) is 0. The molecular formula is C12H17ClFNS. The number of piperidine rings is 1. The second-order valence-electron chi connectivity index (χ2n) is 4.65. The fourth-order valence-corrected chi connectivity index (χ4v) is 3.64. The molecule has 1 N–H and O–H groups in total. The molecule has 0 aromatic carbocycles. The van der Waals surface area contributed by atoms with E-state index in [0.29, 0.717) is 22.4 Å². The van der Waals surface area contributed by atoms with Gasteiger partial charge in [-0.05, 0) is 37.8 Å². The van der Waals surface area contributed by atoms with E-state index in [4.69, 9.17) is 11.6 Å². The summed E-state index contributed by atoms with van der Waals surface area (Å²) in [6, 6.07) is 2.06. The van der Waals surface area contributed by atoms with Gasteiger partial charge >= 0.3 is 0 Å². The van der Waals surface area contributed by atoms with Crippen LogP contribution in [0.1, 0.15) is 37.5 Å². The summed E-state index contributed by atoms with van der Waals surface area (Å²) in [7, 11) is 0. The van der Waals surface area contributed by atoms with Gasteiger partial charge in [0, 0.05) is 12.5 Å². The summed E-state index contributed by atoms with van der Waals surface area (Å²) in [4.78, 5) is 0.668. The Morgan fingerprint density at radius 1 is 1.62 bits per heavy atom. The fraction of sp³-hybridized carbons (Fsp3) is 0.667. The normalized spacial score (nSPS) is 25.3. The number of hydrogen-bond acceptors (Lipinski definition) is 2. The van der Waals surface area contributed by atoms with Gasteiger partial charge in [-0.2, -0.15) is 0 Å². The molecular weight excluding hydrogens is 245 g/mol. The summed E-state index contributed by atoms with van der Waals surface area (Å²) >= 11 is 7.40. The minimum atomic E-state index is -1.31. The number of alkyl halides is 1. The predicted octanol–water partition coefficient (Wildman–Crippen LogP) is 4.12. The summed E-state index contributed by atoms with van der Waals surface area (Å²) in [5, 5.41) is 5.79. The van der Waals surface area contributed by atoms with Crippen molar-refractivity contribution < 1.29 is 4.39 Å². The first-order valence-electron chi connectivity index (χ1n) is 5.75. The van der Waals surface area contributed by atoms with E-state index in [0.717, 1.165) is 13.0 Å². The van der Waals surface area contributed by atoms with Gasteiger partial charge in [0.2, 0.25) is 0 Å². The highest BCUT2D eigenvalue weighted by Gasteiger charge is 2.33. The summed E-state index contributed by atoms with van der Waals surface area (Å²) in [6.07, 6.45) is 4.00. The van der Waals surface area contributed by atoms with E-state index in [1.54, 1.807) is 13.0 Å². The van der Waals surface area contributed by atoms with Crippen molar-refractivity contribution in [2.75, 3.05) is 6.54 Å². The zero-order valence-electron chi connectivity index (χ0n) is 9.43. The van der Waals surface area contributed by atoms with Crippen LogP contribution in [0.2, 0.25) is 5.02 Å². The predicted molar refractivity (Wildman–Crippen MR) is 68.0 cm³/mol. The Balaban J connectivity index is 2.04. The lowest BCUT2D eigenvalue weighted by Crippen LogP contribution is -2.38. The van der Waals surface area contributed by atoms with Crippen molar-refractivity contribution in [3.05, 3.63) is 21.3 Å². The number of rotatable bonds is 3. The third-order valence-corrected chi connectivity index (χ3v) is 4.71. The third-order valence-electron chi connectivity index (χ3n) is 3.13. The lowest BCUT2D eigenvalue weighted by molar-refractivity contribution is 0.150. The Hall–Kier alpha value is -0.120. The minimum Gasteiger partial charge on any atom is -0.314 e. The smallest absolute Gasteiger partial charge is 0.145 e. The van der Waals surface area contributed by atoms with Crippen LogP contribution in [-0.4, -0.2) is 12.6 Å². The molecule has 0 bridgehead atoms. The molecule has 1 fully saturated rings. The quantitative estimate of drug-likeness (QED) is 0.863. The highest BCUT2D eigenvalue weighted by Crippen LogP contribution is 2.39. The average molecular weight is 262 g/mol. The van der Waals surface area contributed by atoms with Gasteiger partial charge in [-0.25, -0.2) is 4.39 Å². The SMILES string of the molecule is CC(F)(CC1CCCCN1)c1sccc1Cl. The van der Waals surface area contributed by atoms with E-state index in [1.165, 1.54) is 24.2 Å². The first-order valence-corrected chi connectivity index (χ1v) is 7.01. The Labute approximate surface area is 105 Å². The Kier molecular flexibility index (Phi) is 3.88. The van der Waals surface area contributed by atoms with E-state index in [2.05, 4.69) is 5.32 Å². The maximum absolute atomic E-state index is 14.6. The maximum atomic E-state index is 14.6. The van der Waals surface area contributed by atoms with Crippen LogP contribution in [0.5, 0.6) is 0 Å². The molecule has 0 aliphatic carbocycles. The van der Waals surface area contributed by atoms with Crippen molar-refractivity contribution >= 4 is 22.9 Å². The highest BCUT2D eigenvalue weighted by atomic mass is 35.5. The van der Waals surface area contributed by atoms with E-state index in [9.17, 15) is 4.39 Å². The monoisotopic (exact) mass is 261 g/mol. The number of hydrogen-bond donors (Lipinski definition) is 1. The summed E-state index contributed by atoms with van der Waals surface area (Å²) in [5.41, 5.74) is -1.31. The third kappa shape index (κ3) is 2.76. The fourth-order valence-electron chi connectivity index (χ4n) is 2.32. The average Bonchev–Trinajstić information content (AvgIpc) is 2.66. The largest absolute Gasteiger partial charge is 0.314 e. The molecule has 1 nitrogen and oxygen atoms in total. The van der Waals surface area contributed by atoms with Crippen LogP contribution in [-0.2, 0) is 5.67 Å². The Morgan fingerprint density at radius 2 is 2.44 bits per heavy atom. The summed E-state index contributed by atoms with van der Waals surface area (Å²) < 4.78 is 14.6. The molecule has 2 rings (SSSR count). The van der Waals surface area contributed by atoms with Gasteiger partial charge in [0.1, 0.15) is 5.67 Å². The number of halogens is 2. The zero-order valence-corrected chi connectivity index (χ0v) is 11.0. The topological polar surface area (TPSA) is 12.0 Å². The van der Waals surface area contributed by atoms with Crippen LogP contribution in [0.25, 0.3) is 0 Å². The molecule has 2 atom stereocenters. The molecule has 90 valence electrons. The molecule has 0 radical (unpaired) electrons. The van der Waals surface area contributed by atoms with E-state index in [1.807, 2.05) is 5.38 Å². The second kappa shape index (κ2) is 5.03. The second-order valence-corrected chi connectivity index (χ2v) is 5.97. The molecule has 2 heterocycles. The highest BCUT2D eigenvalue weighted by molar-refractivity contribution is 7.10. The van der Waals surface area contributed by atoms with Gasteiger partial charge < -0.3 is 5.32 Å². The lowest BCUT2D eigenvalue weighted by atomic mass is 9.92. The van der Waals surface area contributed by atoms with Gasteiger partial charge in [0.15, 0.2) is 0 Å². The molecule has 4 heteroatoms. The maximum Gasteiger partial charge on any atom is 0.145 e.